The van der Waals surface area contributed by atoms with E-state index in [1.807, 2.05) is 6.26 Å². The number of esters is 1. The molecule has 0 radical (unpaired) electrons. The van der Waals surface area contributed by atoms with Gasteiger partial charge in [0.2, 0.25) is 0 Å². The molecule has 0 aliphatic rings. The molecule has 9 heteroatoms. The van der Waals surface area contributed by atoms with Gasteiger partial charge in [0.15, 0.2) is 6.61 Å². The molecule has 0 saturated carbocycles. The van der Waals surface area contributed by atoms with Crippen molar-refractivity contribution in [1.29, 1.82) is 0 Å². The number of thioether (sulfide) groups is 1. The van der Waals surface area contributed by atoms with Crippen LogP contribution in [0.4, 0.5) is 18.9 Å². The summed E-state index contributed by atoms with van der Waals surface area (Å²) in [6.07, 6.45) is -2.81. The zero-order chi connectivity index (χ0) is 19.3. The number of rotatable bonds is 5. The molecule has 26 heavy (non-hydrogen) atoms. The molecular formula is C17H13ClF3NO3S. The van der Waals surface area contributed by atoms with Crippen molar-refractivity contribution in [3.05, 3.63) is 58.6 Å². The van der Waals surface area contributed by atoms with Crippen molar-refractivity contribution in [2.45, 2.75) is 11.1 Å². The molecule has 0 aliphatic carbocycles. The molecule has 2 aromatic rings. The van der Waals surface area contributed by atoms with E-state index in [1.165, 1.54) is 36.0 Å². The molecule has 0 aliphatic heterocycles. The van der Waals surface area contributed by atoms with Crippen molar-refractivity contribution in [2.75, 3.05) is 18.2 Å². The number of ether oxygens (including phenoxy) is 1. The van der Waals surface area contributed by atoms with Crippen LogP contribution in [0.15, 0.2) is 47.4 Å². The Bertz CT molecular complexity index is 827. The first-order chi connectivity index (χ1) is 12.2. The summed E-state index contributed by atoms with van der Waals surface area (Å²) in [4.78, 5) is 24.7. The van der Waals surface area contributed by atoms with Crippen LogP contribution in [0.1, 0.15) is 15.9 Å². The van der Waals surface area contributed by atoms with Gasteiger partial charge in [-0.15, -0.1) is 11.8 Å². The maximum Gasteiger partial charge on any atom is 0.418 e. The Morgan fingerprint density at radius 3 is 2.54 bits per heavy atom. The molecule has 2 aromatic carbocycles. The van der Waals surface area contributed by atoms with Crippen molar-refractivity contribution < 1.29 is 27.5 Å². The second-order valence-corrected chi connectivity index (χ2v) is 6.30. The normalized spacial score (nSPS) is 11.1. The predicted octanol–water partition coefficient (Wildman–Crippen LogP) is 4.88. The summed E-state index contributed by atoms with van der Waals surface area (Å²) in [5, 5.41) is 2.24. The number of hydrogen-bond donors (Lipinski definition) is 1. The maximum atomic E-state index is 12.9. The van der Waals surface area contributed by atoms with Gasteiger partial charge in [-0.1, -0.05) is 23.7 Å². The maximum absolute atomic E-state index is 12.9. The van der Waals surface area contributed by atoms with Crippen molar-refractivity contribution in [3.63, 3.8) is 0 Å². The number of nitrogens with one attached hydrogen (secondary N) is 1. The van der Waals surface area contributed by atoms with E-state index >= 15 is 0 Å². The Hall–Kier alpha value is -2.19. The van der Waals surface area contributed by atoms with Crippen LogP contribution in [0.25, 0.3) is 0 Å². The highest BCUT2D eigenvalue weighted by Gasteiger charge is 2.33. The second-order valence-electron chi connectivity index (χ2n) is 5.01. The van der Waals surface area contributed by atoms with Gasteiger partial charge < -0.3 is 10.1 Å². The summed E-state index contributed by atoms with van der Waals surface area (Å²) >= 11 is 7.32. The number of amides is 1. The third kappa shape index (κ3) is 5.15. The number of carbonyl (C=O) groups excluding carboxylic acids is 2. The lowest BCUT2D eigenvalue weighted by Gasteiger charge is -2.13. The van der Waals surface area contributed by atoms with Gasteiger partial charge in [-0.2, -0.15) is 13.2 Å². The first kappa shape index (κ1) is 20.1. The number of carbonyl (C=O) groups is 2. The van der Waals surface area contributed by atoms with E-state index in [1.54, 1.807) is 6.07 Å². The Morgan fingerprint density at radius 2 is 1.88 bits per heavy atom. The fraction of sp³-hybridized carbons (Fsp3) is 0.176. The zero-order valence-electron chi connectivity index (χ0n) is 13.4. The standard InChI is InChI=1S/C17H13ClF3NO3S/c1-26-10-6-7-13(18)11(8-10)16(24)25-9-15(23)22-14-5-3-2-4-12(14)17(19,20)21/h2-8H,9H2,1H3,(H,22,23). The molecule has 4 nitrogen and oxygen atoms in total. The summed E-state index contributed by atoms with van der Waals surface area (Å²) in [6, 6.07) is 9.25. The molecule has 0 fully saturated rings. The molecule has 2 rings (SSSR count). The third-order valence-corrected chi connectivity index (χ3v) is 4.29. The molecule has 0 spiro atoms. The van der Waals surface area contributed by atoms with E-state index in [0.29, 0.717) is 0 Å². The van der Waals surface area contributed by atoms with Gasteiger partial charge in [-0.25, -0.2) is 4.79 Å². The largest absolute Gasteiger partial charge is 0.452 e. The summed E-state index contributed by atoms with van der Waals surface area (Å²) in [6.45, 7) is -0.745. The summed E-state index contributed by atoms with van der Waals surface area (Å²) in [5.41, 5.74) is -1.33. The first-order valence-corrected chi connectivity index (χ1v) is 8.79. The molecule has 0 heterocycles. The average molecular weight is 404 g/mol. The summed E-state index contributed by atoms with van der Waals surface area (Å²) < 4.78 is 43.5. The number of para-hydroxylation sites is 1. The highest BCUT2D eigenvalue weighted by Crippen LogP contribution is 2.34. The van der Waals surface area contributed by atoms with E-state index in [9.17, 15) is 22.8 Å². The molecule has 0 saturated heterocycles. The van der Waals surface area contributed by atoms with Gasteiger partial charge in [-0.3, -0.25) is 4.79 Å². The van der Waals surface area contributed by atoms with Gasteiger partial charge in [0.25, 0.3) is 5.91 Å². The Kier molecular flexibility index (Phi) is 6.55. The van der Waals surface area contributed by atoms with Crippen LogP contribution in [0.2, 0.25) is 5.02 Å². The van der Waals surface area contributed by atoms with Crippen LogP contribution >= 0.6 is 23.4 Å². The monoisotopic (exact) mass is 403 g/mol. The minimum absolute atomic E-state index is 0.0713. The van der Waals surface area contributed by atoms with Crippen LogP contribution in [0.3, 0.4) is 0 Å². The van der Waals surface area contributed by atoms with Crippen LogP contribution in [-0.4, -0.2) is 24.7 Å². The minimum Gasteiger partial charge on any atom is -0.452 e. The quantitative estimate of drug-likeness (QED) is 0.571. The first-order valence-electron chi connectivity index (χ1n) is 7.19. The fourth-order valence-corrected chi connectivity index (χ4v) is 2.66. The van der Waals surface area contributed by atoms with E-state index in [4.69, 9.17) is 16.3 Å². The topological polar surface area (TPSA) is 55.4 Å². The van der Waals surface area contributed by atoms with Crippen molar-refractivity contribution in [1.82, 2.24) is 0 Å². The number of anilines is 1. The summed E-state index contributed by atoms with van der Waals surface area (Å²) in [5.74, 6) is -1.74. The van der Waals surface area contributed by atoms with Crippen LogP contribution < -0.4 is 5.32 Å². The van der Waals surface area contributed by atoms with Crippen molar-refractivity contribution >= 4 is 40.9 Å². The van der Waals surface area contributed by atoms with Crippen molar-refractivity contribution in [2.24, 2.45) is 0 Å². The minimum atomic E-state index is -4.62. The average Bonchev–Trinajstić information content (AvgIpc) is 2.59. The number of halogens is 4. The highest BCUT2D eigenvalue weighted by molar-refractivity contribution is 7.98. The molecule has 1 amide bonds. The van der Waals surface area contributed by atoms with E-state index in [-0.39, 0.29) is 10.6 Å². The predicted molar refractivity (Wildman–Crippen MR) is 93.6 cm³/mol. The van der Waals surface area contributed by atoms with Gasteiger partial charge in [0, 0.05) is 4.90 Å². The molecular weight excluding hydrogens is 391 g/mol. The lowest BCUT2D eigenvalue weighted by molar-refractivity contribution is -0.137. The zero-order valence-corrected chi connectivity index (χ0v) is 15.0. The lowest BCUT2D eigenvalue weighted by atomic mass is 10.1. The van der Waals surface area contributed by atoms with Gasteiger partial charge >= 0.3 is 12.1 Å². The SMILES string of the molecule is CSc1ccc(Cl)c(C(=O)OCC(=O)Nc2ccccc2C(F)(F)F)c1. The molecule has 1 N–H and O–H groups in total. The smallest absolute Gasteiger partial charge is 0.418 e. The van der Waals surface area contributed by atoms with E-state index < -0.39 is 35.9 Å². The Labute approximate surface area is 156 Å². The molecule has 0 bridgehead atoms. The number of benzene rings is 2. The number of alkyl halides is 3. The highest BCUT2D eigenvalue weighted by atomic mass is 35.5. The lowest BCUT2D eigenvalue weighted by Crippen LogP contribution is -2.22. The van der Waals surface area contributed by atoms with Gasteiger partial charge in [0.1, 0.15) is 0 Å². The van der Waals surface area contributed by atoms with Crippen molar-refractivity contribution in [3.8, 4) is 0 Å². The van der Waals surface area contributed by atoms with Gasteiger partial charge in [-0.05, 0) is 36.6 Å². The van der Waals surface area contributed by atoms with E-state index in [0.717, 1.165) is 17.0 Å². The Balaban J connectivity index is 2.03. The van der Waals surface area contributed by atoms with Gasteiger partial charge in [0.05, 0.1) is 21.8 Å². The second kappa shape index (κ2) is 8.46. The number of hydrogen-bond acceptors (Lipinski definition) is 4. The van der Waals surface area contributed by atoms with E-state index in [2.05, 4.69) is 5.32 Å². The molecule has 0 unspecified atom stereocenters. The van der Waals surface area contributed by atoms with Crippen LogP contribution in [0, 0.1) is 0 Å². The van der Waals surface area contributed by atoms with Crippen LogP contribution in [0.5, 0.6) is 0 Å². The van der Waals surface area contributed by atoms with Crippen LogP contribution in [-0.2, 0) is 15.7 Å². The Morgan fingerprint density at radius 1 is 1.19 bits per heavy atom. The fourth-order valence-electron chi connectivity index (χ4n) is 2.02. The molecule has 0 aromatic heterocycles. The summed E-state index contributed by atoms with van der Waals surface area (Å²) in [7, 11) is 0. The molecule has 138 valence electrons. The molecule has 0 atom stereocenters. The third-order valence-electron chi connectivity index (χ3n) is 3.23.